The van der Waals surface area contributed by atoms with Gasteiger partial charge in [0.05, 0.1) is 12.3 Å². The Bertz CT molecular complexity index is 1090. The van der Waals surface area contributed by atoms with Crippen molar-refractivity contribution >= 4 is 11.0 Å². The third-order valence-corrected chi connectivity index (χ3v) is 4.60. The van der Waals surface area contributed by atoms with Gasteiger partial charge in [0, 0.05) is 36.1 Å². The van der Waals surface area contributed by atoms with Crippen LogP contribution >= 0.6 is 0 Å². The van der Waals surface area contributed by atoms with Gasteiger partial charge in [-0.25, -0.2) is 4.98 Å². The van der Waals surface area contributed by atoms with E-state index >= 15 is 0 Å². The predicted molar refractivity (Wildman–Crippen MR) is 104 cm³/mol. The molecule has 1 aromatic carbocycles. The number of fused-ring (bicyclic) bond motifs is 1. The van der Waals surface area contributed by atoms with Crippen LogP contribution in [0, 0.1) is 6.92 Å². The summed E-state index contributed by atoms with van der Waals surface area (Å²) in [5, 5.41) is 14.7. The number of hydrogen-bond acceptors (Lipinski definition) is 5. The van der Waals surface area contributed by atoms with Crippen LogP contribution in [0.5, 0.6) is 5.75 Å². The molecule has 4 rings (SSSR count). The first-order valence-corrected chi connectivity index (χ1v) is 8.77. The minimum Gasteiger partial charge on any atom is -0.490 e. The van der Waals surface area contributed by atoms with Crippen molar-refractivity contribution in [3.63, 3.8) is 0 Å². The van der Waals surface area contributed by atoms with Gasteiger partial charge in [-0.05, 0) is 48.4 Å². The number of aliphatic hydroxyl groups is 1. The Balaban J connectivity index is 1.97. The standard InChI is InChI=1S/C21H20N4O2/c1-14-20-17(15-7-9-22-10-8-15)13-18(23-21(20)24-25(14)2)16-5-3-4-6-19(16)27-12-11-26/h3-10,13,26H,11-12H2,1-2H3. The number of para-hydroxylation sites is 1. The zero-order valence-electron chi connectivity index (χ0n) is 15.3. The number of pyridine rings is 2. The first-order chi connectivity index (χ1) is 13.2. The molecule has 27 heavy (non-hydrogen) atoms. The highest BCUT2D eigenvalue weighted by Gasteiger charge is 2.17. The highest BCUT2D eigenvalue weighted by Crippen LogP contribution is 2.36. The molecule has 0 aliphatic rings. The lowest BCUT2D eigenvalue weighted by Gasteiger charge is -2.12. The highest BCUT2D eigenvalue weighted by atomic mass is 16.5. The molecule has 0 unspecified atom stereocenters. The van der Waals surface area contributed by atoms with Crippen molar-refractivity contribution in [2.45, 2.75) is 6.92 Å². The molecule has 0 saturated heterocycles. The van der Waals surface area contributed by atoms with Crippen LogP contribution in [0.15, 0.2) is 54.9 Å². The van der Waals surface area contributed by atoms with E-state index < -0.39 is 0 Å². The fraction of sp³-hybridized carbons (Fsp3) is 0.190. The van der Waals surface area contributed by atoms with Gasteiger partial charge in [-0.3, -0.25) is 9.67 Å². The van der Waals surface area contributed by atoms with Crippen LogP contribution in [-0.2, 0) is 7.05 Å². The first-order valence-electron chi connectivity index (χ1n) is 8.77. The number of aromatic nitrogens is 4. The third-order valence-electron chi connectivity index (χ3n) is 4.60. The van der Waals surface area contributed by atoms with Gasteiger partial charge in [-0.1, -0.05) is 12.1 Å². The van der Waals surface area contributed by atoms with Crippen LogP contribution in [0.3, 0.4) is 0 Å². The number of aryl methyl sites for hydroxylation is 2. The van der Waals surface area contributed by atoms with E-state index in [2.05, 4.69) is 16.1 Å². The monoisotopic (exact) mass is 360 g/mol. The Hall–Kier alpha value is -3.25. The van der Waals surface area contributed by atoms with E-state index in [0.29, 0.717) is 11.4 Å². The van der Waals surface area contributed by atoms with Crippen LogP contribution in [-0.4, -0.2) is 38.1 Å². The quantitative estimate of drug-likeness (QED) is 0.591. The molecule has 1 N–H and O–H groups in total. The van der Waals surface area contributed by atoms with Crippen LogP contribution < -0.4 is 4.74 Å². The molecule has 136 valence electrons. The Morgan fingerprint density at radius 3 is 2.63 bits per heavy atom. The normalized spacial score (nSPS) is 11.1. The molecule has 3 aromatic heterocycles. The van der Waals surface area contributed by atoms with Gasteiger partial charge >= 0.3 is 0 Å². The van der Waals surface area contributed by atoms with E-state index in [-0.39, 0.29) is 13.2 Å². The summed E-state index contributed by atoms with van der Waals surface area (Å²) in [6.45, 7) is 2.24. The Kier molecular flexibility index (Phi) is 4.56. The van der Waals surface area contributed by atoms with Crippen molar-refractivity contribution in [3.05, 3.63) is 60.6 Å². The molecule has 0 aliphatic heterocycles. The predicted octanol–water partition coefficient (Wildman–Crippen LogP) is 3.38. The van der Waals surface area contributed by atoms with Crippen molar-refractivity contribution in [1.29, 1.82) is 0 Å². The van der Waals surface area contributed by atoms with E-state index in [9.17, 15) is 0 Å². The van der Waals surface area contributed by atoms with E-state index in [1.54, 1.807) is 12.4 Å². The van der Waals surface area contributed by atoms with Gasteiger partial charge in [0.15, 0.2) is 5.65 Å². The molecule has 6 heteroatoms. The van der Waals surface area contributed by atoms with Crippen LogP contribution in [0.2, 0.25) is 0 Å². The zero-order chi connectivity index (χ0) is 18.8. The molecule has 0 saturated carbocycles. The number of aliphatic hydroxyl groups excluding tert-OH is 1. The summed E-state index contributed by atoms with van der Waals surface area (Å²) in [6, 6.07) is 13.7. The lowest BCUT2D eigenvalue weighted by atomic mass is 10.00. The van der Waals surface area contributed by atoms with Crippen LogP contribution in [0.1, 0.15) is 5.69 Å². The fourth-order valence-electron chi connectivity index (χ4n) is 3.20. The maximum absolute atomic E-state index is 9.10. The Labute approximate surface area is 157 Å². The molecule has 4 aromatic rings. The fourth-order valence-corrected chi connectivity index (χ4v) is 3.20. The van der Waals surface area contributed by atoms with E-state index in [0.717, 1.165) is 33.5 Å². The minimum atomic E-state index is -0.0392. The average Bonchev–Trinajstić information content (AvgIpc) is 3.00. The highest BCUT2D eigenvalue weighted by molar-refractivity contribution is 5.97. The lowest BCUT2D eigenvalue weighted by Crippen LogP contribution is -2.03. The molecular formula is C21H20N4O2. The summed E-state index contributed by atoms with van der Waals surface area (Å²) in [6.07, 6.45) is 3.57. The molecule has 3 heterocycles. The number of nitrogens with zero attached hydrogens (tertiary/aromatic N) is 4. The second-order valence-electron chi connectivity index (χ2n) is 6.27. The summed E-state index contributed by atoms with van der Waals surface area (Å²) < 4.78 is 7.55. The smallest absolute Gasteiger partial charge is 0.182 e. The number of rotatable bonds is 5. The van der Waals surface area contributed by atoms with Crippen molar-refractivity contribution < 1.29 is 9.84 Å². The molecule has 0 atom stereocenters. The SMILES string of the molecule is Cc1c2c(-c3ccncc3)cc(-c3ccccc3OCCO)nc2nn1C. The van der Waals surface area contributed by atoms with Gasteiger partial charge in [-0.15, -0.1) is 0 Å². The van der Waals surface area contributed by atoms with E-state index in [4.69, 9.17) is 14.8 Å². The summed E-state index contributed by atoms with van der Waals surface area (Å²) in [5.74, 6) is 0.687. The van der Waals surface area contributed by atoms with E-state index in [1.807, 2.05) is 55.1 Å². The topological polar surface area (TPSA) is 73.1 Å². The summed E-state index contributed by atoms with van der Waals surface area (Å²) in [5.41, 5.74) is 5.51. The maximum Gasteiger partial charge on any atom is 0.182 e. The zero-order valence-corrected chi connectivity index (χ0v) is 15.3. The molecule has 0 radical (unpaired) electrons. The first kappa shape index (κ1) is 17.2. The summed E-state index contributed by atoms with van der Waals surface area (Å²) in [7, 11) is 1.92. The number of hydrogen-bond donors (Lipinski definition) is 1. The molecule has 0 amide bonds. The average molecular weight is 360 g/mol. The van der Waals surface area contributed by atoms with Crippen LogP contribution in [0.4, 0.5) is 0 Å². The third kappa shape index (κ3) is 3.15. The van der Waals surface area contributed by atoms with Gasteiger partial charge in [0.2, 0.25) is 0 Å². The molecule has 0 aliphatic carbocycles. The summed E-state index contributed by atoms with van der Waals surface area (Å²) in [4.78, 5) is 8.92. The van der Waals surface area contributed by atoms with Crippen molar-refractivity contribution in [3.8, 4) is 28.1 Å². The second kappa shape index (κ2) is 7.17. The van der Waals surface area contributed by atoms with Gasteiger partial charge in [-0.2, -0.15) is 5.10 Å². The number of ether oxygens (including phenoxy) is 1. The van der Waals surface area contributed by atoms with Crippen molar-refractivity contribution in [1.82, 2.24) is 19.7 Å². The molecule has 0 bridgehead atoms. The lowest BCUT2D eigenvalue weighted by molar-refractivity contribution is 0.202. The summed E-state index contributed by atoms with van der Waals surface area (Å²) >= 11 is 0. The second-order valence-corrected chi connectivity index (χ2v) is 6.27. The van der Waals surface area contributed by atoms with Crippen molar-refractivity contribution in [2.24, 2.45) is 7.05 Å². The van der Waals surface area contributed by atoms with Gasteiger partial charge in [0.25, 0.3) is 0 Å². The van der Waals surface area contributed by atoms with Crippen LogP contribution in [0.25, 0.3) is 33.4 Å². The molecule has 0 fully saturated rings. The molecule has 0 spiro atoms. The van der Waals surface area contributed by atoms with Crippen molar-refractivity contribution in [2.75, 3.05) is 13.2 Å². The van der Waals surface area contributed by atoms with Gasteiger partial charge < -0.3 is 9.84 Å². The maximum atomic E-state index is 9.10. The van der Waals surface area contributed by atoms with Gasteiger partial charge in [0.1, 0.15) is 12.4 Å². The largest absolute Gasteiger partial charge is 0.490 e. The molecule has 6 nitrogen and oxygen atoms in total. The molecular weight excluding hydrogens is 340 g/mol. The number of benzene rings is 1. The Morgan fingerprint density at radius 2 is 1.85 bits per heavy atom. The minimum absolute atomic E-state index is 0.0392. The van der Waals surface area contributed by atoms with E-state index in [1.165, 1.54) is 0 Å². The Morgan fingerprint density at radius 1 is 1.07 bits per heavy atom.